The first-order chi connectivity index (χ1) is 10.5. The van der Waals surface area contributed by atoms with E-state index in [1.54, 1.807) is 12.1 Å². The minimum absolute atomic E-state index is 0.0978. The number of Topliss-reactive ketones (excluding diaryl/α,β-unsaturated/α-hetero) is 1. The molecule has 1 aromatic carbocycles. The number of nitrogens with one attached hydrogen (secondary N) is 2. The van der Waals surface area contributed by atoms with Crippen molar-refractivity contribution in [2.75, 3.05) is 13.7 Å². The number of imide groups is 1. The minimum Gasteiger partial charge on any atom is -0.493 e. The molecule has 7 heteroatoms. The van der Waals surface area contributed by atoms with Crippen LogP contribution in [-0.4, -0.2) is 37.5 Å². The zero-order chi connectivity index (χ0) is 16.1. The van der Waals surface area contributed by atoms with Crippen LogP contribution < -0.4 is 20.1 Å². The van der Waals surface area contributed by atoms with E-state index in [0.29, 0.717) is 17.1 Å². The first kappa shape index (κ1) is 15.8. The summed E-state index contributed by atoms with van der Waals surface area (Å²) in [5, 5.41) is 4.82. The summed E-state index contributed by atoms with van der Waals surface area (Å²) in [7, 11) is 1.44. The van der Waals surface area contributed by atoms with Crippen LogP contribution in [0.5, 0.6) is 11.5 Å². The van der Waals surface area contributed by atoms with Gasteiger partial charge in [-0.3, -0.25) is 14.9 Å². The smallest absolute Gasteiger partial charge is 0.321 e. The molecule has 0 radical (unpaired) electrons. The molecule has 0 aliphatic heterocycles. The van der Waals surface area contributed by atoms with Crippen molar-refractivity contribution < 1.29 is 23.9 Å². The Hall–Kier alpha value is -2.57. The van der Waals surface area contributed by atoms with E-state index in [4.69, 9.17) is 9.47 Å². The van der Waals surface area contributed by atoms with Gasteiger partial charge in [-0.1, -0.05) is 0 Å². The van der Waals surface area contributed by atoms with Gasteiger partial charge in [0.2, 0.25) is 0 Å². The Morgan fingerprint density at radius 3 is 2.55 bits per heavy atom. The molecule has 1 aliphatic rings. The zero-order valence-corrected chi connectivity index (χ0v) is 12.5. The van der Waals surface area contributed by atoms with Crippen LogP contribution in [0, 0.1) is 0 Å². The second kappa shape index (κ2) is 6.93. The summed E-state index contributed by atoms with van der Waals surface area (Å²) in [4.78, 5) is 34.3. The van der Waals surface area contributed by atoms with Crippen LogP contribution in [0.4, 0.5) is 4.79 Å². The van der Waals surface area contributed by atoms with Crippen LogP contribution in [-0.2, 0) is 4.79 Å². The molecule has 2 N–H and O–H groups in total. The second-order valence-electron chi connectivity index (χ2n) is 5.01. The number of methoxy groups -OCH3 is 1. The number of hydrogen-bond acceptors (Lipinski definition) is 5. The lowest BCUT2D eigenvalue weighted by Crippen LogP contribution is -2.42. The Morgan fingerprint density at radius 2 is 1.95 bits per heavy atom. The molecule has 7 nitrogen and oxygen atoms in total. The summed E-state index contributed by atoms with van der Waals surface area (Å²) in [6.45, 7) is 1.12. The van der Waals surface area contributed by atoms with Gasteiger partial charge in [-0.15, -0.1) is 0 Å². The fourth-order valence-electron chi connectivity index (χ4n) is 1.76. The van der Waals surface area contributed by atoms with Crippen molar-refractivity contribution in [2.24, 2.45) is 0 Å². The SMILES string of the molecule is COc1cc(C(C)=O)ccc1OCC(=O)NC(=O)NC1CC1. The van der Waals surface area contributed by atoms with Crippen LogP contribution in [0.2, 0.25) is 0 Å². The summed E-state index contributed by atoms with van der Waals surface area (Å²) >= 11 is 0. The van der Waals surface area contributed by atoms with E-state index in [2.05, 4.69) is 10.6 Å². The number of urea groups is 1. The third-order valence-corrected chi connectivity index (χ3v) is 3.09. The summed E-state index contributed by atoms with van der Waals surface area (Å²) < 4.78 is 10.4. The average molecular weight is 306 g/mol. The van der Waals surface area contributed by atoms with Crippen LogP contribution in [0.3, 0.4) is 0 Å². The normalized spacial score (nSPS) is 13.2. The fourth-order valence-corrected chi connectivity index (χ4v) is 1.76. The molecule has 1 fully saturated rings. The number of carbonyl (C=O) groups excluding carboxylic acids is 3. The first-order valence-corrected chi connectivity index (χ1v) is 6.91. The van der Waals surface area contributed by atoms with Crippen molar-refractivity contribution in [3.63, 3.8) is 0 Å². The van der Waals surface area contributed by atoms with Gasteiger partial charge in [-0.05, 0) is 38.0 Å². The molecule has 1 aromatic rings. The molecule has 0 saturated heterocycles. The van der Waals surface area contributed by atoms with Crippen molar-refractivity contribution in [3.8, 4) is 11.5 Å². The summed E-state index contributed by atoms with van der Waals surface area (Å²) in [5.41, 5.74) is 0.484. The van der Waals surface area contributed by atoms with Gasteiger partial charge in [-0.2, -0.15) is 0 Å². The molecule has 0 spiro atoms. The maximum atomic E-state index is 11.6. The van der Waals surface area contributed by atoms with Gasteiger partial charge in [-0.25, -0.2) is 4.79 Å². The molecule has 2 rings (SSSR count). The predicted molar refractivity (Wildman–Crippen MR) is 78.2 cm³/mol. The Balaban J connectivity index is 1.88. The Kier molecular flexibility index (Phi) is 4.98. The van der Waals surface area contributed by atoms with E-state index >= 15 is 0 Å². The zero-order valence-electron chi connectivity index (χ0n) is 12.5. The Bertz CT molecular complexity index is 596. The summed E-state index contributed by atoms with van der Waals surface area (Å²) in [6, 6.07) is 4.32. The molecule has 0 unspecified atom stereocenters. The largest absolute Gasteiger partial charge is 0.493 e. The highest BCUT2D eigenvalue weighted by Gasteiger charge is 2.24. The maximum Gasteiger partial charge on any atom is 0.321 e. The number of rotatable bonds is 6. The van der Waals surface area contributed by atoms with Crippen LogP contribution in [0.15, 0.2) is 18.2 Å². The monoisotopic (exact) mass is 306 g/mol. The minimum atomic E-state index is -0.559. The number of amides is 3. The molecule has 3 amide bonds. The first-order valence-electron chi connectivity index (χ1n) is 6.91. The van der Waals surface area contributed by atoms with Crippen molar-refractivity contribution in [2.45, 2.75) is 25.8 Å². The lowest BCUT2D eigenvalue weighted by atomic mass is 10.1. The van der Waals surface area contributed by atoms with E-state index in [9.17, 15) is 14.4 Å². The van der Waals surface area contributed by atoms with E-state index in [0.717, 1.165) is 12.8 Å². The molecular weight excluding hydrogens is 288 g/mol. The molecule has 1 aliphatic carbocycles. The van der Waals surface area contributed by atoms with E-state index in [1.165, 1.54) is 20.1 Å². The van der Waals surface area contributed by atoms with Crippen LogP contribution in [0.1, 0.15) is 30.1 Å². The van der Waals surface area contributed by atoms with Gasteiger partial charge in [0.05, 0.1) is 7.11 Å². The fraction of sp³-hybridized carbons (Fsp3) is 0.400. The number of carbonyl (C=O) groups is 3. The van der Waals surface area contributed by atoms with Crippen molar-refractivity contribution >= 4 is 17.7 Å². The summed E-state index contributed by atoms with van der Waals surface area (Å²) in [6.07, 6.45) is 1.88. The lowest BCUT2D eigenvalue weighted by molar-refractivity contribution is -0.122. The third kappa shape index (κ3) is 4.47. The Morgan fingerprint density at radius 1 is 1.23 bits per heavy atom. The van der Waals surface area contributed by atoms with Crippen molar-refractivity contribution in [1.82, 2.24) is 10.6 Å². The van der Waals surface area contributed by atoms with Gasteiger partial charge in [0.15, 0.2) is 23.9 Å². The number of benzene rings is 1. The number of ether oxygens (including phenoxy) is 2. The number of hydrogen-bond donors (Lipinski definition) is 2. The summed E-state index contributed by atoms with van der Waals surface area (Å²) in [5.74, 6) is 0.0170. The van der Waals surface area contributed by atoms with Gasteiger partial charge in [0.25, 0.3) is 5.91 Å². The molecule has 0 bridgehead atoms. The topological polar surface area (TPSA) is 93.7 Å². The Labute approximate surface area is 128 Å². The molecule has 0 heterocycles. The average Bonchev–Trinajstić information content (AvgIpc) is 3.28. The highest BCUT2D eigenvalue weighted by Crippen LogP contribution is 2.28. The maximum absolute atomic E-state index is 11.6. The predicted octanol–water partition coefficient (Wildman–Crippen LogP) is 1.26. The van der Waals surface area contributed by atoms with Gasteiger partial charge in [0, 0.05) is 11.6 Å². The third-order valence-electron chi connectivity index (χ3n) is 3.09. The van der Waals surface area contributed by atoms with Crippen molar-refractivity contribution in [1.29, 1.82) is 0 Å². The van der Waals surface area contributed by atoms with Gasteiger partial charge >= 0.3 is 6.03 Å². The highest BCUT2D eigenvalue weighted by atomic mass is 16.5. The van der Waals surface area contributed by atoms with Gasteiger partial charge in [0.1, 0.15) is 0 Å². The van der Waals surface area contributed by atoms with E-state index in [-0.39, 0.29) is 18.4 Å². The lowest BCUT2D eigenvalue weighted by Gasteiger charge is -2.11. The molecule has 22 heavy (non-hydrogen) atoms. The number of ketones is 1. The molecular formula is C15H18N2O5. The van der Waals surface area contributed by atoms with Crippen molar-refractivity contribution in [3.05, 3.63) is 23.8 Å². The standard InChI is InChI=1S/C15H18N2O5/c1-9(18)10-3-6-12(13(7-10)21-2)22-8-14(19)17-15(20)16-11-4-5-11/h3,6-7,11H,4-5,8H2,1-2H3,(H2,16,17,19,20). The molecule has 0 aromatic heterocycles. The van der Waals surface area contributed by atoms with E-state index in [1.807, 2.05) is 0 Å². The quantitative estimate of drug-likeness (QED) is 0.772. The molecule has 118 valence electrons. The molecule has 0 atom stereocenters. The molecule has 1 saturated carbocycles. The van der Waals surface area contributed by atoms with E-state index < -0.39 is 11.9 Å². The van der Waals surface area contributed by atoms with Gasteiger partial charge < -0.3 is 14.8 Å². The second-order valence-corrected chi connectivity index (χ2v) is 5.01. The highest BCUT2D eigenvalue weighted by molar-refractivity contribution is 5.95. The van der Waals surface area contributed by atoms with Crippen LogP contribution >= 0.6 is 0 Å². The van der Waals surface area contributed by atoms with Crippen LogP contribution in [0.25, 0.3) is 0 Å².